The standard InChI is InChI=1S/C14H16BrNS/c1-7-6-8(2)10(4)12(9(7)3)13-14(15)17-11(5)16-13/h6H,1-5H3. The van der Waals surface area contributed by atoms with E-state index in [4.69, 9.17) is 0 Å². The quantitative estimate of drug-likeness (QED) is 0.713. The van der Waals surface area contributed by atoms with E-state index in [0.29, 0.717) is 0 Å². The smallest absolute Gasteiger partial charge is 0.0979 e. The van der Waals surface area contributed by atoms with Gasteiger partial charge in [-0.25, -0.2) is 4.98 Å². The van der Waals surface area contributed by atoms with Crippen LogP contribution in [0.25, 0.3) is 11.3 Å². The molecule has 0 bridgehead atoms. The van der Waals surface area contributed by atoms with E-state index in [1.54, 1.807) is 11.3 Å². The Labute approximate surface area is 115 Å². The van der Waals surface area contributed by atoms with E-state index in [0.717, 1.165) is 14.5 Å². The van der Waals surface area contributed by atoms with Crippen LogP contribution >= 0.6 is 27.3 Å². The van der Waals surface area contributed by atoms with Crippen LogP contribution in [0.2, 0.25) is 0 Å². The van der Waals surface area contributed by atoms with Crippen LogP contribution in [-0.4, -0.2) is 4.98 Å². The van der Waals surface area contributed by atoms with Gasteiger partial charge in [-0.1, -0.05) is 6.07 Å². The van der Waals surface area contributed by atoms with E-state index in [1.807, 2.05) is 6.92 Å². The van der Waals surface area contributed by atoms with Gasteiger partial charge in [-0.3, -0.25) is 0 Å². The van der Waals surface area contributed by atoms with Crippen molar-refractivity contribution in [1.29, 1.82) is 0 Å². The molecule has 0 saturated carbocycles. The lowest BCUT2D eigenvalue weighted by atomic mass is 9.93. The summed E-state index contributed by atoms with van der Waals surface area (Å²) in [7, 11) is 0. The van der Waals surface area contributed by atoms with Gasteiger partial charge in [0.2, 0.25) is 0 Å². The first-order valence-electron chi connectivity index (χ1n) is 5.62. The molecule has 3 heteroatoms. The van der Waals surface area contributed by atoms with Crippen molar-refractivity contribution >= 4 is 27.3 Å². The van der Waals surface area contributed by atoms with Gasteiger partial charge in [0.15, 0.2) is 0 Å². The van der Waals surface area contributed by atoms with Gasteiger partial charge in [0.1, 0.15) is 0 Å². The molecule has 17 heavy (non-hydrogen) atoms. The van der Waals surface area contributed by atoms with Crippen LogP contribution in [0, 0.1) is 34.6 Å². The normalized spacial score (nSPS) is 10.9. The summed E-state index contributed by atoms with van der Waals surface area (Å²) >= 11 is 5.33. The molecule has 0 atom stereocenters. The van der Waals surface area contributed by atoms with E-state index in [9.17, 15) is 0 Å². The zero-order valence-electron chi connectivity index (χ0n) is 10.8. The number of aryl methyl sites for hydroxylation is 3. The summed E-state index contributed by atoms with van der Waals surface area (Å²) in [5.74, 6) is 0. The number of thiazole rings is 1. The summed E-state index contributed by atoms with van der Waals surface area (Å²) < 4.78 is 1.13. The van der Waals surface area contributed by atoms with Crippen LogP contribution in [0.5, 0.6) is 0 Å². The molecule has 0 aliphatic heterocycles. The zero-order chi connectivity index (χ0) is 12.7. The highest BCUT2D eigenvalue weighted by Gasteiger charge is 2.16. The van der Waals surface area contributed by atoms with Crippen LogP contribution in [0.1, 0.15) is 27.3 Å². The molecule has 0 aliphatic carbocycles. The Kier molecular flexibility index (Phi) is 3.41. The lowest BCUT2D eigenvalue weighted by Crippen LogP contribution is -1.95. The Morgan fingerprint density at radius 2 is 1.53 bits per heavy atom. The second-order valence-corrected chi connectivity index (χ2v) is 7.01. The zero-order valence-corrected chi connectivity index (χ0v) is 13.2. The highest BCUT2D eigenvalue weighted by atomic mass is 79.9. The summed E-state index contributed by atoms with van der Waals surface area (Å²) in [4.78, 5) is 4.66. The highest BCUT2D eigenvalue weighted by molar-refractivity contribution is 9.11. The van der Waals surface area contributed by atoms with Crippen molar-refractivity contribution in [2.24, 2.45) is 0 Å². The minimum absolute atomic E-state index is 1.09. The first kappa shape index (κ1) is 12.8. The van der Waals surface area contributed by atoms with Crippen LogP contribution in [0.3, 0.4) is 0 Å². The Bertz CT molecular complexity index is 558. The lowest BCUT2D eigenvalue weighted by Gasteiger charge is -2.14. The van der Waals surface area contributed by atoms with Crippen LogP contribution in [-0.2, 0) is 0 Å². The summed E-state index contributed by atoms with van der Waals surface area (Å²) in [6.45, 7) is 10.7. The van der Waals surface area contributed by atoms with Crippen molar-refractivity contribution in [2.45, 2.75) is 34.6 Å². The van der Waals surface area contributed by atoms with Gasteiger partial charge >= 0.3 is 0 Å². The summed E-state index contributed by atoms with van der Waals surface area (Å²) in [6, 6.07) is 2.25. The molecule has 0 N–H and O–H groups in total. The molecule has 0 saturated heterocycles. The van der Waals surface area contributed by atoms with Gasteiger partial charge in [-0.05, 0) is 72.8 Å². The Morgan fingerprint density at radius 1 is 1.00 bits per heavy atom. The third-order valence-corrected chi connectivity index (χ3v) is 4.92. The minimum atomic E-state index is 1.09. The topological polar surface area (TPSA) is 12.9 Å². The van der Waals surface area contributed by atoms with Gasteiger partial charge in [-0.2, -0.15) is 0 Å². The largest absolute Gasteiger partial charge is 0.240 e. The average Bonchev–Trinajstić information content (AvgIpc) is 2.56. The number of halogens is 1. The molecular formula is C14H16BrNS. The Balaban J connectivity index is 2.79. The first-order chi connectivity index (χ1) is 7.91. The molecule has 0 radical (unpaired) electrons. The van der Waals surface area contributed by atoms with Crippen LogP contribution in [0.15, 0.2) is 9.85 Å². The molecule has 1 aromatic carbocycles. The molecule has 1 nitrogen and oxygen atoms in total. The second kappa shape index (κ2) is 4.54. The molecule has 90 valence electrons. The fourth-order valence-corrected chi connectivity index (χ4v) is 3.76. The van der Waals surface area contributed by atoms with E-state index in [2.05, 4.69) is 54.7 Å². The average molecular weight is 310 g/mol. The van der Waals surface area contributed by atoms with E-state index >= 15 is 0 Å². The highest BCUT2D eigenvalue weighted by Crippen LogP contribution is 2.38. The maximum atomic E-state index is 4.66. The van der Waals surface area contributed by atoms with E-state index in [1.165, 1.54) is 27.8 Å². The summed E-state index contributed by atoms with van der Waals surface area (Å²) in [5.41, 5.74) is 7.72. The van der Waals surface area contributed by atoms with Crippen molar-refractivity contribution in [3.63, 3.8) is 0 Å². The number of rotatable bonds is 1. The molecule has 0 aliphatic rings. The predicted molar refractivity (Wildman–Crippen MR) is 78.9 cm³/mol. The van der Waals surface area contributed by atoms with Gasteiger partial charge in [0, 0.05) is 5.56 Å². The van der Waals surface area contributed by atoms with Gasteiger partial charge in [0.25, 0.3) is 0 Å². The molecule has 0 fully saturated rings. The third kappa shape index (κ3) is 2.18. The number of hydrogen-bond donors (Lipinski definition) is 0. The fourth-order valence-electron chi connectivity index (χ4n) is 2.13. The van der Waals surface area contributed by atoms with Gasteiger partial charge in [0.05, 0.1) is 14.5 Å². The van der Waals surface area contributed by atoms with Crippen LogP contribution < -0.4 is 0 Å². The molecule has 1 aromatic heterocycles. The summed E-state index contributed by atoms with van der Waals surface area (Å²) in [5, 5.41) is 1.10. The number of nitrogens with zero attached hydrogens (tertiary/aromatic N) is 1. The molecule has 2 rings (SSSR count). The number of benzene rings is 1. The summed E-state index contributed by atoms with van der Waals surface area (Å²) in [6.07, 6.45) is 0. The number of aromatic nitrogens is 1. The molecule has 0 unspecified atom stereocenters. The third-order valence-electron chi connectivity index (χ3n) is 3.30. The van der Waals surface area contributed by atoms with E-state index in [-0.39, 0.29) is 0 Å². The monoisotopic (exact) mass is 309 g/mol. The second-order valence-electron chi connectivity index (χ2n) is 4.49. The van der Waals surface area contributed by atoms with Gasteiger partial charge in [-0.15, -0.1) is 11.3 Å². The number of hydrogen-bond acceptors (Lipinski definition) is 2. The van der Waals surface area contributed by atoms with Crippen molar-refractivity contribution in [2.75, 3.05) is 0 Å². The van der Waals surface area contributed by atoms with Crippen molar-refractivity contribution in [1.82, 2.24) is 4.98 Å². The minimum Gasteiger partial charge on any atom is -0.240 e. The molecule has 0 spiro atoms. The van der Waals surface area contributed by atoms with Crippen molar-refractivity contribution in [3.05, 3.63) is 37.1 Å². The Hall–Kier alpha value is -0.670. The lowest BCUT2D eigenvalue weighted by molar-refractivity contribution is 1.21. The van der Waals surface area contributed by atoms with Crippen LogP contribution in [0.4, 0.5) is 0 Å². The fraction of sp³-hybridized carbons (Fsp3) is 0.357. The first-order valence-corrected chi connectivity index (χ1v) is 7.23. The Morgan fingerprint density at radius 3 is 1.94 bits per heavy atom. The molecule has 1 heterocycles. The molecular weight excluding hydrogens is 294 g/mol. The maximum absolute atomic E-state index is 4.66. The molecule has 0 amide bonds. The predicted octanol–water partition coefficient (Wildman–Crippen LogP) is 5.11. The SMILES string of the molecule is Cc1nc(-c2c(C)c(C)cc(C)c2C)c(Br)s1. The maximum Gasteiger partial charge on any atom is 0.0979 e. The molecule has 2 aromatic rings. The van der Waals surface area contributed by atoms with E-state index < -0.39 is 0 Å². The van der Waals surface area contributed by atoms with Crippen molar-refractivity contribution in [3.8, 4) is 11.3 Å². The van der Waals surface area contributed by atoms with Gasteiger partial charge < -0.3 is 0 Å². The van der Waals surface area contributed by atoms with Crippen molar-refractivity contribution < 1.29 is 0 Å².